The minimum atomic E-state index is -1.06. The quantitative estimate of drug-likeness (QED) is 0.404. The molecule has 0 fully saturated rings. The number of hydrogen-bond acceptors (Lipinski definition) is 2. The second-order valence-electron chi connectivity index (χ2n) is 2.59. The third-order valence-electron chi connectivity index (χ3n) is 1.68. The van der Waals surface area contributed by atoms with E-state index in [1.807, 2.05) is 6.92 Å². The van der Waals surface area contributed by atoms with Gasteiger partial charge in [-0.25, -0.2) is 11.1 Å². The summed E-state index contributed by atoms with van der Waals surface area (Å²) >= 11 is 0. The standard InChI is InChI=1S/C9H9NO2.Rb.Re/c1-5-3-7(9(11)12)8(10)4-6(5)2;;/h10H2,1-2H3,(H,11,12);;/q-2;+1;. The van der Waals surface area contributed by atoms with Crippen LogP contribution in [0.25, 0.3) is 0 Å². The number of nitrogen functional groups attached to an aromatic ring is 1. The summed E-state index contributed by atoms with van der Waals surface area (Å²) < 4.78 is 0. The number of anilines is 1. The van der Waals surface area contributed by atoms with Gasteiger partial charge >= 0.3 is 58.2 Å². The van der Waals surface area contributed by atoms with Gasteiger partial charge in [0.15, 0.2) is 5.97 Å². The maximum absolute atomic E-state index is 10.6. The number of aryl methyl sites for hydroxylation is 2. The molecule has 0 aliphatic rings. The van der Waals surface area contributed by atoms with Crippen molar-refractivity contribution >= 4 is 11.7 Å². The molecule has 1 aromatic carbocycles. The van der Waals surface area contributed by atoms with Crippen molar-refractivity contribution in [2.75, 3.05) is 5.73 Å². The average Bonchev–Trinajstić information content (AvgIpc) is 1.96. The van der Waals surface area contributed by atoms with Crippen LogP contribution in [0.5, 0.6) is 0 Å². The molecule has 0 bridgehead atoms. The summed E-state index contributed by atoms with van der Waals surface area (Å²) in [5.41, 5.74) is 7.16. The number of benzene rings is 1. The first-order valence-corrected chi connectivity index (χ1v) is 3.47. The largest absolute Gasteiger partial charge is 1.00 e. The zero-order valence-corrected chi connectivity index (χ0v) is 15.9. The summed E-state index contributed by atoms with van der Waals surface area (Å²) in [7, 11) is 0. The zero-order valence-electron chi connectivity index (χ0n) is 8.31. The summed E-state index contributed by atoms with van der Waals surface area (Å²) in [6.45, 7) is 3.59. The molecule has 0 aliphatic heterocycles. The molecule has 0 saturated carbocycles. The van der Waals surface area contributed by atoms with Gasteiger partial charge < -0.3 is 15.6 Å². The Kier molecular flexibility index (Phi) is 9.01. The normalized spacial score (nSPS) is 8.43. The predicted octanol–water partition coefficient (Wildman–Crippen LogP) is -1.81. The van der Waals surface area contributed by atoms with E-state index in [9.17, 15) is 4.79 Å². The molecule has 0 atom stereocenters. The molecule has 1 rings (SSSR count). The average molecular weight is 435 g/mol. The maximum atomic E-state index is 10.6. The van der Waals surface area contributed by atoms with Crippen molar-refractivity contribution in [3.05, 3.63) is 28.8 Å². The van der Waals surface area contributed by atoms with Crippen molar-refractivity contribution in [2.45, 2.75) is 13.8 Å². The Balaban J connectivity index is 0. The van der Waals surface area contributed by atoms with Gasteiger partial charge in [-0.2, -0.15) is 11.3 Å². The SMILES string of the molecule is Cc1[c-]c(N)c(C(=O)O)[c-]c1C.[Rb+].[Re]. The molecule has 0 aromatic heterocycles. The molecule has 1 aromatic rings. The van der Waals surface area contributed by atoms with E-state index in [0.29, 0.717) is 0 Å². The summed E-state index contributed by atoms with van der Waals surface area (Å²) in [5, 5.41) is 8.65. The van der Waals surface area contributed by atoms with Crippen molar-refractivity contribution < 1.29 is 88.5 Å². The van der Waals surface area contributed by atoms with Crippen LogP contribution in [0.1, 0.15) is 21.5 Å². The van der Waals surface area contributed by atoms with Crippen molar-refractivity contribution in [2.24, 2.45) is 0 Å². The number of carboxylic acid groups (broad SMARTS) is 1. The third kappa shape index (κ3) is 4.22. The molecule has 0 saturated heterocycles. The molecular weight excluding hydrogens is 426 g/mol. The molecule has 14 heavy (non-hydrogen) atoms. The Labute approximate surface area is 146 Å². The monoisotopic (exact) mass is 435 g/mol. The van der Waals surface area contributed by atoms with Gasteiger partial charge in [0, 0.05) is 20.4 Å². The molecule has 3 N–H and O–H groups in total. The van der Waals surface area contributed by atoms with Gasteiger partial charge in [0.25, 0.3) is 0 Å². The molecule has 71 valence electrons. The molecule has 1 radical (unpaired) electrons. The minimum absolute atomic E-state index is 0. The number of aromatic carboxylic acids is 1. The van der Waals surface area contributed by atoms with E-state index in [2.05, 4.69) is 12.1 Å². The Morgan fingerprint density at radius 3 is 2.14 bits per heavy atom. The number of carboxylic acids is 1. The maximum Gasteiger partial charge on any atom is 1.00 e. The van der Waals surface area contributed by atoms with E-state index < -0.39 is 5.97 Å². The predicted molar refractivity (Wildman–Crippen MR) is 45.0 cm³/mol. The van der Waals surface area contributed by atoms with Gasteiger partial charge in [-0.15, -0.1) is 6.92 Å². The molecule has 0 heterocycles. The van der Waals surface area contributed by atoms with Gasteiger partial charge in [0.05, 0.1) is 0 Å². The summed E-state index contributed by atoms with van der Waals surface area (Å²) in [4.78, 5) is 10.6. The fourth-order valence-electron chi connectivity index (χ4n) is 0.876. The van der Waals surface area contributed by atoms with E-state index in [1.54, 1.807) is 6.92 Å². The topological polar surface area (TPSA) is 63.3 Å². The number of nitrogens with two attached hydrogens (primary N) is 1. The van der Waals surface area contributed by atoms with Crippen LogP contribution >= 0.6 is 0 Å². The first kappa shape index (κ1) is 17.4. The van der Waals surface area contributed by atoms with Crippen molar-refractivity contribution in [3.63, 3.8) is 0 Å². The Morgan fingerprint density at radius 2 is 1.71 bits per heavy atom. The van der Waals surface area contributed by atoms with Crippen LogP contribution in [-0.2, 0) is 20.4 Å². The van der Waals surface area contributed by atoms with Crippen molar-refractivity contribution in [1.82, 2.24) is 0 Å². The fourth-order valence-corrected chi connectivity index (χ4v) is 0.876. The number of carbonyl (C=O) groups is 1. The fraction of sp³-hybridized carbons (Fsp3) is 0.222. The molecule has 5 heteroatoms. The van der Waals surface area contributed by atoms with Crippen LogP contribution in [0, 0.1) is 26.0 Å². The van der Waals surface area contributed by atoms with E-state index in [-0.39, 0.29) is 89.9 Å². The molecule has 0 spiro atoms. The van der Waals surface area contributed by atoms with Crippen LogP contribution in [0.2, 0.25) is 0 Å². The third-order valence-corrected chi connectivity index (χ3v) is 1.68. The second-order valence-corrected chi connectivity index (χ2v) is 2.59. The summed E-state index contributed by atoms with van der Waals surface area (Å²) in [6.07, 6.45) is 0. The second kappa shape index (κ2) is 7.27. The Hall–Kier alpha value is 0.958. The van der Waals surface area contributed by atoms with Crippen LogP contribution in [-0.4, -0.2) is 11.1 Å². The van der Waals surface area contributed by atoms with E-state index >= 15 is 0 Å². The van der Waals surface area contributed by atoms with Gasteiger partial charge in [-0.05, 0) is 0 Å². The van der Waals surface area contributed by atoms with Gasteiger partial charge in [-0.1, -0.05) is 6.92 Å². The van der Waals surface area contributed by atoms with E-state index in [0.717, 1.165) is 11.1 Å². The number of hydrogen-bond donors (Lipinski definition) is 2. The van der Waals surface area contributed by atoms with Crippen LogP contribution in [0.4, 0.5) is 5.69 Å². The Bertz CT molecular complexity index is 342. The first-order valence-electron chi connectivity index (χ1n) is 3.47. The summed E-state index contributed by atoms with van der Waals surface area (Å²) in [6, 6.07) is 5.44. The van der Waals surface area contributed by atoms with Gasteiger partial charge in [0.2, 0.25) is 0 Å². The van der Waals surface area contributed by atoms with Crippen molar-refractivity contribution in [1.29, 1.82) is 0 Å². The molecular formula is C9H9NO2RbRe-. The number of rotatable bonds is 1. The van der Waals surface area contributed by atoms with Gasteiger partial charge in [-0.3, -0.25) is 12.1 Å². The van der Waals surface area contributed by atoms with E-state index in [1.165, 1.54) is 0 Å². The summed E-state index contributed by atoms with van der Waals surface area (Å²) in [5.74, 6) is -1.06. The minimum Gasteiger partial charge on any atom is -0.530 e. The van der Waals surface area contributed by atoms with Crippen LogP contribution in [0.3, 0.4) is 0 Å². The van der Waals surface area contributed by atoms with Gasteiger partial charge in [0.1, 0.15) is 0 Å². The van der Waals surface area contributed by atoms with E-state index in [4.69, 9.17) is 10.8 Å². The first-order chi connectivity index (χ1) is 5.52. The molecule has 0 amide bonds. The Morgan fingerprint density at radius 1 is 1.29 bits per heavy atom. The smallest absolute Gasteiger partial charge is 0.530 e. The molecule has 0 unspecified atom stereocenters. The van der Waals surface area contributed by atoms with Crippen molar-refractivity contribution in [3.8, 4) is 0 Å². The van der Waals surface area contributed by atoms with Crippen LogP contribution < -0.4 is 63.9 Å². The van der Waals surface area contributed by atoms with Crippen LogP contribution in [0.15, 0.2) is 0 Å². The molecule has 0 aliphatic carbocycles. The zero-order chi connectivity index (χ0) is 9.30. The molecule has 3 nitrogen and oxygen atoms in total.